The van der Waals surface area contributed by atoms with Crippen molar-refractivity contribution in [2.24, 2.45) is 0 Å². The Kier molecular flexibility index (Phi) is 2.91. The molecule has 1 atom stereocenters. The third-order valence-electron chi connectivity index (χ3n) is 3.47. The summed E-state index contributed by atoms with van der Waals surface area (Å²) in [6, 6.07) is 5.48. The van der Waals surface area contributed by atoms with Crippen LogP contribution in [0.2, 0.25) is 0 Å². The first kappa shape index (κ1) is 12.0. The summed E-state index contributed by atoms with van der Waals surface area (Å²) in [4.78, 5) is 13.9. The van der Waals surface area contributed by atoms with Gasteiger partial charge >= 0.3 is 0 Å². The molecule has 1 aliphatic heterocycles. The number of hydrogen-bond acceptors (Lipinski definition) is 2. The molecule has 1 amide bonds. The van der Waals surface area contributed by atoms with Crippen LogP contribution in [-0.2, 0) is 0 Å². The van der Waals surface area contributed by atoms with E-state index in [0.29, 0.717) is 18.5 Å². The molecule has 0 saturated carbocycles. The molecule has 4 heteroatoms. The topological polar surface area (TPSA) is 40.5 Å². The van der Waals surface area contributed by atoms with E-state index < -0.39 is 11.6 Å². The molecule has 1 saturated heterocycles. The minimum absolute atomic E-state index is 0.161. The Bertz CT molecular complexity index is 428. The van der Waals surface area contributed by atoms with Gasteiger partial charge in [0.1, 0.15) is 5.82 Å². The maximum atomic E-state index is 12.8. The zero-order chi connectivity index (χ0) is 12.6. The van der Waals surface area contributed by atoms with Gasteiger partial charge in [0.15, 0.2) is 0 Å². The fraction of sp³-hybridized carbons (Fsp3) is 0.462. The number of aliphatic hydroxyl groups excluding tert-OH is 1. The van der Waals surface area contributed by atoms with E-state index >= 15 is 0 Å². The number of carbonyl (C=O) groups excluding carboxylic acids is 1. The van der Waals surface area contributed by atoms with E-state index in [0.717, 1.165) is 0 Å². The molecule has 1 heterocycles. The van der Waals surface area contributed by atoms with E-state index in [-0.39, 0.29) is 11.7 Å². The Labute approximate surface area is 99.9 Å². The van der Waals surface area contributed by atoms with E-state index in [9.17, 15) is 14.3 Å². The number of rotatable bonds is 1. The number of hydrogen-bond donors (Lipinski definition) is 1. The summed E-state index contributed by atoms with van der Waals surface area (Å²) in [6.07, 6.45) is 0.0758. The van der Waals surface area contributed by atoms with Crippen LogP contribution in [0.25, 0.3) is 0 Å². The fourth-order valence-electron chi connectivity index (χ4n) is 2.18. The minimum atomic E-state index is -0.564. The summed E-state index contributed by atoms with van der Waals surface area (Å²) >= 11 is 0. The lowest BCUT2D eigenvalue weighted by Gasteiger charge is -2.33. The average Bonchev–Trinajstić information content (AvgIpc) is 2.54. The highest BCUT2D eigenvalue weighted by molar-refractivity contribution is 5.94. The standard InChI is InChI=1S/C13H16FNO2/c1-13(2)11(16)7-8-15(13)12(17)9-3-5-10(14)6-4-9/h3-6,11,16H,7-8H2,1-2H3. The van der Waals surface area contributed by atoms with Crippen LogP contribution in [0.15, 0.2) is 24.3 Å². The van der Waals surface area contributed by atoms with Crippen molar-refractivity contribution in [2.45, 2.75) is 31.9 Å². The fourth-order valence-corrected chi connectivity index (χ4v) is 2.18. The third-order valence-corrected chi connectivity index (χ3v) is 3.47. The van der Waals surface area contributed by atoms with E-state index in [2.05, 4.69) is 0 Å². The van der Waals surface area contributed by atoms with Crippen molar-refractivity contribution in [1.29, 1.82) is 0 Å². The first-order chi connectivity index (χ1) is 7.93. The summed E-state index contributed by atoms with van der Waals surface area (Å²) in [5.74, 6) is -0.520. The molecule has 0 aliphatic carbocycles. The van der Waals surface area contributed by atoms with Gasteiger partial charge in [-0.1, -0.05) is 0 Å². The summed E-state index contributed by atoms with van der Waals surface area (Å²) in [5, 5.41) is 9.81. The molecule has 0 spiro atoms. The van der Waals surface area contributed by atoms with Crippen molar-refractivity contribution in [1.82, 2.24) is 4.90 Å². The van der Waals surface area contributed by atoms with Crippen molar-refractivity contribution in [3.63, 3.8) is 0 Å². The van der Waals surface area contributed by atoms with Gasteiger partial charge < -0.3 is 10.0 Å². The zero-order valence-electron chi connectivity index (χ0n) is 9.98. The SMILES string of the molecule is CC1(C)C(O)CCN1C(=O)c1ccc(F)cc1. The summed E-state index contributed by atoms with van der Waals surface area (Å²) in [7, 11) is 0. The lowest BCUT2D eigenvalue weighted by Crippen LogP contribution is -2.48. The van der Waals surface area contributed by atoms with Gasteiger partial charge in [0, 0.05) is 12.1 Å². The summed E-state index contributed by atoms with van der Waals surface area (Å²) in [5.41, 5.74) is -0.112. The molecule has 1 aromatic carbocycles. The van der Waals surface area contributed by atoms with Gasteiger partial charge in [-0.15, -0.1) is 0 Å². The zero-order valence-corrected chi connectivity index (χ0v) is 9.98. The predicted molar refractivity (Wildman–Crippen MR) is 62.1 cm³/mol. The van der Waals surface area contributed by atoms with Gasteiger partial charge in [0.25, 0.3) is 5.91 Å². The molecule has 0 bridgehead atoms. The molecular formula is C13H16FNO2. The highest BCUT2D eigenvalue weighted by Crippen LogP contribution is 2.30. The molecule has 0 radical (unpaired) electrons. The van der Waals surface area contributed by atoms with Crippen LogP contribution in [0, 0.1) is 5.82 Å². The van der Waals surface area contributed by atoms with Crippen LogP contribution >= 0.6 is 0 Å². The Morgan fingerprint density at radius 1 is 1.41 bits per heavy atom. The second-order valence-electron chi connectivity index (χ2n) is 4.92. The molecule has 1 fully saturated rings. The Morgan fingerprint density at radius 2 is 2.00 bits per heavy atom. The molecule has 1 N–H and O–H groups in total. The number of aliphatic hydroxyl groups is 1. The van der Waals surface area contributed by atoms with Gasteiger partial charge in [-0.25, -0.2) is 4.39 Å². The minimum Gasteiger partial charge on any atom is -0.391 e. The maximum Gasteiger partial charge on any atom is 0.254 e. The van der Waals surface area contributed by atoms with Crippen LogP contribution in [0.5, 0.6) is 0 Å². The van der Waals surface area contributed by atoms with E-state index in [1.54, 1.807) is 4.90 Å². The summed E-state index contributed by atoms with van der Waals surface area (Å²) in [6.45, 7) is 4.21. The normalized spacial score (nSPS) is 22.8. The van der Waals surface area contributed by atoms with Crippen molar-refractivity contribution < 1.29 is 14.3 Å². The van der Waals surface area contributed by atoms with Crippen molar-refractivity contribution in [3.8, 4) is 0 Å². The number of amides is 1. The van der Waals surface area contributed by atoms with Crippen LogP contribution < -0.4 is 0 Å². The van der Waals surface area contributed by atoms with Crippen molar-refractivity contribution in [2.75, 3.05) is 6.54 Å². The molecule has 0 aromatic heterocycles. The second-order valence-corrected chi connectivity index (χ2v) is 4.92. The predicted octanol–water partition coefficient (Wildman–Crippen LogP) is 1.81. The van der Waals surface area contributed by atoms with Crippen molar-refractivity contribution >= 4 is 5.91 Å². The number of benzene rings is 1. The Balaban J connectivity index is 2.24. The lowest BCUT2D eigenvalue weighted by molar-refractivity contribution is 0.0394. The second kappa shape index (κ2) is 4.11. The molecular weight excluding hydrogens is 221 g/mol. The van der Waals surface area contributed by atoms with Gasteiger partial charge in [-0.05, 0) is 44.5 Å². The Morgan fingerprint density at radius 3 is 2.47 bits per heavy atom. The smallest absolute Gasteiger partial charge is 0.254 e. The van der Waals surface area contributed by atoms with Crippen LogP contribution in [-0.4, -0.2) is 34.1 Å². The first-order valence-electron chi connectivity index (χ1n) is 5.68. The highest BCUT2D eigenvalue weighted by atomic mass is 19.1. The third kappa shape index (κ3) is 2.05. The largest absolute Gasteiger partial charge is 0.391 e. The number of likely N-dealkylation sites (tertiary alicyclic amines) is 1. The van der Waals surface area contributed by atoms with Crippen LogP contribution in [0.4, 0.5) is 4.39 Å². The van der Waals surface area contributed by atoms with Crippen LogP contribution in [0.3, 0.4) is 0 Å². The number of carbonyl (C=O) groups is 1. The average molecular weight is 237 g/mol. The molecule has 1 unspecified atom stereocenters. The van der Waals surface area contributed by atoms with E-state index in [1.807, 2.05) is 13.8 Å². The molecule has 17 heavy (non-hydrogen) atoms. The lowest BCUT2D eigenvalue weighted by atomic mass is 9.98. The van der Waals surface area contributed by atoms with Gasteiger partial charge in [-0.3, -0.25) is 4.79 Å². The molecule has 2 rings (SSSR count). The quantitative estimate of drug-likeness (QED) is 0.809. The molecule has 92 valence electrons. The van der Waals surface area contributed by atoms with Gasteiger partial charge in [0.05, 0.1) is 11.6 Å². The van der Waals surface area contributed by atoms with E-state index in [4.69, 9.17) is 0 Å². The number of nitrogens with zero attached hydrogens (tertiary/aromatic N) is 1. The molecule has 3 nitrogen and oxygen atoms in total. The summed E-state index contributed by atoms with van der Waals surface area (Å²) < 4.78 is 12.8. The molecule has 1 aromatic rings. The van der Waals surface area contributed by atoms with Gasteiger partial charge in [0.2, 0.25) is 0 Å². The monoisotopic (exact) mass is 237 g/mol. The maximum absolute atomic E-state index is 12.8. The number of halogens is 1. The Hall–Kier alpha value is -1.42. The first-order valence-corrected chi connectivity index (χ1v) is 5.68. The van der Waals surface area contributed by atoms with Gasteiger partial charge in [-0.2, -0.15) is 0 Å². The van der Waals surface area contributed by atoms with Crippen LogP contribution in [0.1, 0.15) is 30.6 Å². The highest BCUT2D eigenvalue weighted by Gasteiger charge is 2.42. The van der Waals surface area contributed by atoms with Crippen molar-refractivity contribution in [3.05, 3.63) is 35.6 Å². The molecule has 1 aliphatic rings. The van der Waals surface area contributed by atoms with E-state index in [1.165, 1.54) is 24.3 Å².